The molecule has 3 rings (SSSR count). The van der Waals surface area contributed by atoms with Crippen LogP contribution in [-0.2, 0) is 0 Å². The van der Waals surface area contributed by atoms with Gasteiger partial charge in [0.1, 0.15) is 28.4 Å². The molecule has 0 radical (unpaired) electrons. The zero-order chi connectivity index (χ0) is 14.3. The van der Waals surface area contributed by atoms with Gasteiger partial charge in [-0.2, -0.15) is 0 Å². The monoisotopic (exact) mass is 359 g/mol. The van der Waals surface area contributed by atoms with Crippen LogP contribution in [0.1, 0.15) is 24.6 Å². The van der Waals surface area contributed by atoms with Crippen molar-refractivity contribution in [3.8, 4) is 0 Å². The van der Waals surface area contributed by atoms with Crippen LogP contribution in [0, 0.1) is 11.6 Å². The van der Waals surface area contributed by atoms with Crippen molar-refractivity contribution in [2.45, 2.75) is 18.8 Å². The fraction of sp³-hybridized carbons (Fsp3) is 0.231. The molecule has 1 N–H and O–H groups in total. The van der Waals surface area contributed by atoms with Crippen LogP contribution in [0.5, 0.6) is 0 Å². The first-order valence-corrected chi connectivity index (χ1v) is 7.16. The van der Waals surface area contributed by atoms with E-state index in [1.165, 1.54) is 6.07 Å². The van der Waals surface area contributed by atoms with Gasteiger partial charge in [0, 0.05) is 18.1 Å². The third kappa shape index (κ3) is 2.91. The van der Waals surface area contributed by atoms with E-state index in [2.05, 4.69) is 31.2 Å². The average Bonchev–Trinajstić information content (AvgIpc) is 3.19. The van der Waals surface area contributed by atoms with Crippen LogP contribution in [0.15, 0.2) is 22.7 Å². The summed E-state index contributed by atoms with van der Waals surface area (Å²) >= 11 is 8.84. The Hall–Kier alpha value is -1.27. The molecule has 1 aromatic heterocycles. The predicted octanol–water partition coefficient (Wildman–Crippen LogP) is 4.79. The fourth-order valence-corrected chi connectivity index (χ4v) is 2.29. The molecule has 0 atom stereocenters. The highest BCUT2D eigenvalue weighted by atomic mass is 79.9. The van der Waals surface area contributed by atoms with Gasteiger partial charge < -0.3 is 5.32 Å². The number of nitrogens with zero attached hydrogens (tertiary/aromatic N) is 2. The molecular formula is C13H9BrClF2N3. The summed E-state index contributed by atoms with van der Waals surface area (Å²) in [5.74, 6) is 0.170. The second-order valence-electron chi connectivity index (χ2n) is 4.58. The highest BCUT2D eigenvalue weighted by Crippen LogP contribution is 2.39. The van der Waals surface area contributed by atoms with Gasteiger partial charge in [-0.15, -0.1) is 0 Å². The van der Waals surface area contributed by atoms with E-state index < -0.39 is 11.6 Å². The molecule has 104 valence electrons. The first kappa shape index (κ1) is 13.7. The maximum absolute atomic E-state index is 13.8. The van der Waals surface area contributed by atoms with Gasteiger partial charge >= 0.3 is 0 Å². The van der Waals surface area contributed by atoms with E-state index in [0.717, 1.165) is 25.0 Å². The van der Waals surface area contributed by atoms with Crippen molar-refractivity contribution in [1.82, 2.24) is 9.97 Å². The molecule has 1 fully saturated rings. The van der Waals surface area contributed by atoms with Crippen molar-refractivity contribution in [3.63, 3.8) is 0 Å². The number of hydrogen-bond donors (Lipinski definition) is 1. The molecule has 0 aliphatic heterocycles. The standard InChI is InChI=1S/C13H9BrClF2N3/c14-7-3-9(17)10(4-8(7)16)18-12-5-11(15)19-13(20-12)6-1-2-6/h3-6H,1-2H2,(H,18,19,20). The van der Waals surface area contributed by atoms with Gasteiger partial charge in [-0.3, -0.25) is 0 Å². The summed E-state index contributed by atoms with van der Waals surface area (Å²) in [5.41, 5.74) is 0.00205. The third-order valence-corrected chi connectivity index (χ3v) is 3.73. The minimum atomic E-state index is -0.582. The van der Waals surface area contributed by atoms with Crippen LogP contribution in [0.25, 0.3) is 0 Å². The molecule has 20 heavy (non-hydrogen) atoms. The Morgan fingerprint density at radius 2 is 1.90 bits per heavy atom. The summed E-state index contributed by atoms with van der Waals surface area (Å²) in [6.45, 7) is 0. The Kier molecular flexibility index (Phi) is 3.60. The van der Waals surface area contributed by atoms with Crippen molar-refractivity contribution < 1.29 is 8.78 Å². The quantitative estimate of drug-likeness (QED) is 0.631. The highest BCUT2D eigenvalue weighted by Gasteiger charge is 2.27. The van der Waals surface area contributed by atoms with E-state index in [1.807, 2.05) is 0 Å². The molecular weight excluding hydrogens is 352 g/mol. The minimum absolute atomic E-state index is 0.00205. The first-order chi connectivity index (χ1) is 9.52. The van der Waals surface area contributed by atoms with Crippen LogP contribution in [0.4, 0.5) is 20.3 Å². The van der Waals surface area contributed by atoms with Crippen LogP contribution >= 0.6 is 27.5 Å². The molecule has 3 nitrogen and oxygen atoms in total. The Labute approximate surface area is 127 Å². The number of nitrogens with one attached hydrogen (secondary N) is 1. The number of rotatable bonds is 3. The van der Waals surface area contributed by atoms with Gasteiger partial charge in [0.15, 0.2) is 0 Å². The predicted molar refractivity (Wildman–Crippen MR) is 76.4 cm³/mol. The summed E-state index contributed by atoms with van der Waals surface area (Å²) < 4.78 is 27.3. The maximum atomic E-state index is 13.8. The second-order valence-corrected chi connectivity index (χ2v) is 5.82. The summed E-state index contributed by atoms with van der Waals surface area (Å²) in [7, 11) is 0. The Bertz CT molecular complexity index is 677. The topological polar surface area (TPSA) is 37.8 Å². The zero-order valence-electron chi connectivity index (χ0n) is 10.1. The average molecular weight is 361 g/mol. The van der Waals surface area contributed by atoms with Crippen molar-refractivity contribution in [2.24, 2.45) is 0 Å². The number of hydrogen-bond acceptors (Lipinski definition) is 3. The number of benzene rings is 1. The molecule has 0 amide bonds. The zero-order valence-corrected chi connectivity index (χ0v) is 12.5. The first-order valence-electron chi connectivity index (χ1n) is 5.99. The van der Waals surface area contributed by atoms with Crippen LogP contribution in [0.3, 0.4) is 0 Å². The fourth-order valence-electron chi connectivity index (χ4n) is 1.78. The van der Waals surface area contributed by atoms with Crippen molar-refractivity contribution >= 4 is 39.0 Å². The molecule has 7 heteroatoms. The molecule has 1 aromatic carbocycles. The lowest BCUT2D eigenvalue weighted by Crippen LogP contribution is -2.01. The number of halogens is 4. The smallest absolute Gasteiger partial charge is 0.148 e. The van der Waals surface area contributed by atoms with E-state index in [1.54, 1.807) is 0 Å². The molecule has 0 saturated heterocycles. The summed E-state index contributed by atoms with van der Waals surface area (Å²) in [6.07, 6.45) is 2.06. The lowest BCUT2D eigenvalue weighted by atomic mass is 10.3. The largest absolute Gasteiger partial charge is 0.338 e. The van der Waals surface area contributed by atoms with Gasteiger partial charge in [0.25, 0.3) is 0 Å². The lowest BCUT2D eigenvalue weighted by Gasteiger charge is -2.09. The van der Waals surface area contributed by atoms with Crippen molar-refractivity contribution in [3.05, 3.63) is 45.3 Å². The Morgan fingerprint density at radius 3 is 2.60 bits per heavy atom. The highest BCUT2D eigenvalue weighted by molar-refractivity contribution is 9.10. The third-order valence-electron chi connectivity index (χ3n) is 2.93. The molecule has 1 heterocycles. The molecule has 2 aromatic rings. The molecule has 0 bridgehead atoms. The molecule has 1 saturated carbocycles. The van der Waals surface area contributed by atoms with Crippen LogP contribution < -0.4 is 5.32 Å². The summed E-state index contributed by atoms with van der Waals surface area (Å²) in [6, 6.07) is 3.60. The summed E-state index contributed by atoms with van der Waals surface area (Å²) in [4.78, 5) is 8.41. The van der Waals surface area contributed by atoms with E-state index in [9.17, 15) is 8.78 Å². The van der Waals surface area contributed by atoms with Gasteiger partial charge in [0.2, 0.25) is 0 Å². The van der Waals surface area contributed by atoms with Gasteiger partial charge in [-0.1, -0.05) is 11.6 Å². The normalized spacial score (nSPS) is 14.4. The number of anilines is 2. The van der Waals surface area contributed by atoms with Gasteiger partial charge in [0.05, 0.1) is 10.2 Å². The SMILES string of the molecule is Fc1cc(Nc2cc(Cl)nc(C3CC3)n2)c(F)cc1Br. The van der Waals surface area contributed by atoms with Gasteiger partial charge in [-0.25, -0.2) is 18.7 Å². The van der Waals surface area contributed by atoms with E-state index >= 15 is 0 Å². The Morgan fingerprint density at radius 1 is 1.15 bits per heavy atom. The van der Waals surface area contributed by atoms with E-state index in [0.29, 0.717) is 17.6 Å². The number of aromatic nitrogens is 2. The van der Waals surface area contributed by atoms with Crippen LogP contribution in [-0.4, -0.2) is 9.97 Å². The summed E-state index contributed by atoms with van der Waals surface area (Å²) in [5, 5.41) is 3.01. The minimum Gasteiger partial charge on any atom is -0.338 e. The molecule has 1 aliphatic rings. The second kappa shape index (κ2) is 5.26. The maximum Gasteiger partial charge on any atom is 0.148 e. The van der Waals surface area contributed by atoms with Crippen molar-refractivity contribution in [1.29, 1.82) is 0 Å². The van der Waals surface area contributed by atoms with Crippen molar-refractivity contribution in [2.75, 3.05) is 5.32 Å². The molecule has 0 unspecified atom stereocenters. The molecule has 0 spiro atoms. The van der Waals surface area contributed by atoms with Gasteiger partial charge in [-0.05, 0) is 34.8 Å². The lowest BCUT2D eigenvalue weighted by molar-refractivity contribution is 0.597. The van der Waals surface area contributed by atoms with E-state index in [4.69, 9.17) is 11.6 Å². The van der Waals surface area contributed by atoms with Crippen LogP contribution in [0.2, 0.25) is 5.15 Å². The molecule has 1 aliphatic carbocycles. The van der Waals surface area contributed by atoms with E-state index in [-0.39, 0.29) is 15.3 Å². The Balaban J connectivity index is 1.92.